The van der Waals surface area contributed by atoms with E-state index in [-0.39, 0.29) is 23.6 Å². The zero-order valence-corrected chi connectivity index (χ0v) is 10.1. The van der Waals surface area contributed by atoms with Gasteiger partial charge in [0.05, 0.1) is 11.3 Å². The standard InChI is InChI=1S/C10H14N2O4S/c1-7-2-3-9(13)8(6-7)10(14)12-4-5-17(11,15)16/h2-3,6,13H,4-5H2,1H3,(H,12,14)(H2,11,15,16). The molecule has 4 N–H and O–H groups in total. The van der Waals surface area contributed by atoms with E-state index in [4.69, 9.17) is 5.14 Å². The second-order valence-electron chi connectivity index (χ2n) is 3.64. The highest BCUT2D eigenvalue weighted by atomic mass is 32.2. The molecule has 7 heteroatoms. The van der Waals surface area contributed by atoms with E-state index in [9.17, 15) is 18.3 Å². The van der Waals surface area contributed by atoms with Crippen LogP contribution >= 0.6 is 0 Å². The number of aryl methyl sites for hydroxylation is 1. The first kappa shape index (κ1) is 13.5. The van der Waals surface area contributed by atoms with Crippen LogP contribution < -0.4 is 10.5 Å². The lowest BCUT2D eigenvalue weighted by molar-refractivity contribution is 0.0953. The first-order chi connectivity index (χ1) is 7.79. The number of primary sulfonamides is 1. The van der Waals surface area contributed by atoms with Gasteiger partial charge in [-0.15, -0.1) is 0 Å². The summed E-state index contributed by atoms with van der Waals surface area (Å²) in [6.07, 6.45) is 0. The van der Waals surface area contributed by atoms with Crippen LogP contribution in [0.15, 0.2) is 18.2 Å². The number of sulfonamides is 1. The van der Waals surface area contributed by atoms with Crippen LogP contribution in [0.1, 0.15) is 15.9 Å². The van der Waals surface area contributed by atoms with E-state index in [1.54, 1.807) is 13.0 Å². The van der Waals surface area contributed by atoms with Crippen molar-refractivity contribution in [1.82, 2.24) is 5.32 Å². The number of benzene rings is 1. The molecule has 0 fully saturated rings. The second-order valence-corrected chi connectivity index (χ2v) is 5.38. The third kappa shape index (κ3) is 4.41. The Morgan fingerprint density at radius 3 is 2.71 bits per heavy atom. The SMILES string of the molecule is Cc1ccc(O)c(C(=O)NCCS(N)(=O)=O)c1. The Morgan fingerprint density at radius 2 is 2.12 bits per heavy atom. The van der Waals surface area contributed by atoms with Crippen LogP contribution in [0.4, 0.5) is 0 Å². The van der Waals surface area contributed by atoms with E-state index >= 15 is 0 Å². The third-order valence-corrected chi connectivity index (χ3v) is 2.84. The molecule has 1 rings (SSSR count). The summed E-state index contributed by atoms with van der Waals surface area (Å²) in [4.78, 5) is 11.6. The average Bonchev–Trinajstić information content (AvgIpc) is 2.19. The molecule has 0 atom stereocenters. The van der Waals surface area contributed by atoms with E-state index in [1.807, 2.05) is 0 Å². The highest BCUT2D eigenvalue weighted by Gasteiger charge is 2.11. The minimum absolute atomic E-state index is 0.0922. The molecule has 0 aliphatic rings. The van der Waals surface area contributed by atoms with Crippen LogP contribution in [0.3, 0.4) is 0 Å². The van der Waals surface area contributed by atoms with Gasteiger partial charge in [0.25, 0.3) is 5.91 Å². The Labute approximate surface area is 99.5 Å². The molecule has 94 valence electrons. The van der Waals surface area contributed by atoms with Crippen LogP contribution in [0.25, 0.3) is 0 Å². The number of nitrogens with two attached hydrogens (primary N) is 1. The molecule has 0 spiro atoms. The fourth-order valence-corrected chi connectivity index (χ4v) is 1.62. The lowest BCUT2D eigenvalue weighted by Gasteiger charge is -2.06. The Kier molecular flexibility index (Phi) is 4.08. The van der Waals surface area contributed by atoms with Gasteiger partial charge in [-0.2, -0.15) is 0 Å². The van der Waals surface area contributed by atoms with Gasteiger partial charge in [-0.25, -0.2) is 13.6 Å². The van der Waals surface area contributed by atoms with Gasteiger partial charge in [0.15, 0.2) is 0 Å². The van der Waals surface area contributed by atoms with Gasteiger partial charge in [0, 0.05) is 6.54 Å². The number of hydrogen-bond acceptors (Lipinski definition) is 4. The zero-order chi connectivity index (χ0) is 13.1. The van der Waals surface area contributed by atoms with Crippen molar-refractivity contribution >= 4 is 15.9 Å². The van der Waals surface area contributed by atoms with Crippen molar-refractivity contribution in [2.24, 2.45) is 5.14 Å². The summed E-state index contributed by atoms with van der Waals surface area (Å²) in [6, 6.07) is 4.59. The van der Waals surface area contributed by atoms with Gasteiger partial charge in [-0.3, -0.25) is 4.79 Å². The van der Waals surface area contributed by atoms with Crippen molar-refractivity contribution in [3.63, 3.8) is 0 Å². The molecule has 6 nitrogen and oxygen atoms in total. The van der Waals surface area contributed by atoms with Gasteiger partial charge in [0.1, 0.15) is 5.75 Å². The normalized spacial score (nSPS) is 11.2. The molecule has 0 aromatic heterocycles. The van der Waals surface area contributed by atoms with Crippen molar-refractivity contribution in [3.05, 3.63) is 29.3 Å². The molecular formula is C10H14N2O4S. The Hall–Kier alpha value is -1.60. The summed E-state index contributed by atoms with van der Waals surface area (Å²) in [5.74, 6) is -1.02. The maximum Gasteiger partial charge on any atom is 0.255 e. The highest BCUT2D eigenvalue weighted by Crippen LogP contribution is 2.17. The Morgan fingerprint density at radius 1 is 1.47 bits per heavy atom. The van der Waals surface area contributed by atoms with Crippen molar-refractivity contribution in [2.75, 3.05) is 12.3 Å². The van der Waals surface area contributed by atoms with Crippen LogP contribution in [-0.2, 0) is 10.0 Å². The molecule has 0 saturated heterocycles. The molecule has 1 amide bonds. The molecule has 17 heavy (non-hydrogen) atoms. The lowest BCUT2D eigenvalue weighted by atomic mass is 10.1. The minimum Gasteiger partial charge on any atom is -0.507 e. The Balaban J connectivity index is 2.67. The predicted molar refractivity (Wildman–Crippen MR) is 63.2 cm³/mol. The summed E-state index contributed by atoms with van der Waals surface area (Å²) >= 11 is 0. The molecule has 1 aromatic rings. The monoisotopic (exact) mass is 258 g/mol. The minimum atomic E-state index is -3.60. The second kappa shape index (κ2) is 5.15. The van der Waals surface area contributed by atoms with E-state index < -0.39 is 15.9 Å². The van der Waals surface area contributed by atoms with Gasteiger partial charge >= 0.3 is 0 Å². The number of phenols is 1. The van der Waals surface area contributed by atoms with Crippen LogP contribution in [0.2, 0.25) is 0 Å². The number of aromatic hydroxyl groups is 1. The predicted octanol–water partition coefficient (Wildman–Crippen LogP) is -0.281. The van der Waals surface area contributed by atoms with Crippen LogP contribution in [0, 0.1) is 6.92 Å². The number of hydrogen-bond donors (Lipinski definition) is 3. The number of rotatable bonds is 4. The van der Waals surface area contributed by atoms with E-state index in [0.29, 0.717) is 0 Å². The van der Waals surface area contributed by atoms with Crippen molar-refractivity contribution < 1.29 is 18.3 Å². The molecule has 0 aliphatic heterocycles. The molecule has 1 aromatic carbocycles. The van der Waals surface area contributed by atoms with Gasteiger partial charge in [-0.1, -0.05) is 11.6 Å². The van der Waals surface area contributed by atoms with E-state index in [0.717, 1.165) is 5.56 Å². The van der Waals surface area contributed by atoms with E-state index in [1.165, 1.54) is 12.1 Å². The summed E-state index contributed by atoms with van der Waals surface area (Å²) in [6.45, 7) is 1.69. The van der Waals surface area contributed by atoms with Crippen molar-refractivity contribution in [1.29, 1.82) is 0 Å². The van der Waals surface area contributed by atoms with Gasteiger partial charge < -0.3 is 10.4 Å². The van der Waals surface area contributed by atoms with E-state index in [2.05, 4.69) is 5.32 Å². The fraction of sp³-hybridized carbons (Fsp3) is 0.300. The first-order valence-electron chi connectivity index (χ1n) is 4.88. The fourth-order valence-electron chi connectivity index (χ4n) is 1.23. The lowest BCUT2D eigenvalue weighted by Crippen LogP contribution is -2.31. The molecule has 0 unspecified atom stereocenters. The average molecular weight is 258 g/mol. The summed E-state index contributed by atoms with van der Waals surface area (Å²) < 4.78 is 21.3. The number of nitrogens with one attached hydrogen (secondary N) is 1. The van der Waals surface area contributed by atoms with Crippen LogP contribution in [-0.4, -0.2) is 31.7 Å². The number of phenolic OH excluding ortho intramolecular Hbond substituents is 1. The summed E-state index contributed by atoms with van der Waals surface area (Å²) in [5.41, 5.74) is 0.929. The number of carbonyl (C=O) groups is 1. The smallest absolute Gasteiger partial charge is 0.255 e. The quantitative estimate of drug-likeness (QED) is 0.689. The summed E-state index contributed by atoms with van der Waals surface area (Å²) in [7, 11) is -3.60. The van der Waals surface area contributed by atoms with Crippen molar-refractivity contribution in [2.45, 2.75) is 6.92 Å². The molecule has 0 aliphatic carbocycles. The highest BCUT2D eigenvalue weighted by molar-refractivity contribution is 7.89. The molecule has 0 bridgehead atoms. The maximum absolute atomic E-state index is 11.6. The Bertz CT molecular complexity index is 525. The maximum atomic E-state index is 11.6. The van der Waals surface area contributed by atoms with Crippen molar-refractivity contribution in [3.8, 4) is 5.75 Å². The number of amides is 1. The number of carbonyl (C=O) groups excluding carboxylic acids is 1. The first-order valence-corrected chi connectivity index (χ1v) is 6.59. The topological polar surface area (TPSA) is 109 Å². The van der Waals surface area contributed by atoms with Gasteiger partial charge in [0.2, 0.25) is 10.0 Å². The zero-order valence-electron chi connectivity index (χ0n) is 9.30. The summed E-state index contributed by atoms with van der Waals surface area (Å²) in [5, 5.41) is 16.6. The van der Waals surface area contributed by atoms with Gasteiger partial charge in [-0.05, 0) is 19.1 Å². The molecule has 0 saturated carbocycles. The molecule has 0 radical (unpaired) electrons. The van der Waals surface area contributed by atoms with Crippen LogP contribution in [0.5, 0.6) is 5.75 Å². The molecular weight excluding hydrogens is 244 g/mol. The largest absolute Gasteiger partial charge is 0.507 e. The molecule has 0 heterocycles. The third-order valence-electron chi connectivity index (χ3n) is 2.07.